The maximum absolute atomic E-state index is 15.1. The zero-order chi connectivity index (χ0) is 39.2. The van der Waals surface area contributed by atoms with E-state index in [4.69, 9.17) is 18.9 Å². The van der Waals surface area contributed by atoms with E-state index in [9.17, 15) is 9.59 Å². The Kier molecular flexibility index (Phi) is 10.9. The Balaban J connectivity index is 1.18. The van der Waals surface area contributed by atoms with Crippen LogP contribution in [0.15, 0.2) is 65.2 Å². The predicted molar refractivity (Wildman–Crippen MR) is 217 cm³/mol. The number of nitrogens with one attached hydrogen (secondary N) is 1. The molecule has 2 bridgehead atoms. The van der Waals surface area contributed by atoms with Crippen LogP contribution in [0.4, 0.5) is 5.69 Å². The topological polar surface area (TPSA) is 121 Å². The fraction of sp³-hybridized carbons (Fsp3) is 0.545. The maximum Gasteiger partial charge on any atom is 0.286 e. The molecule has 1 spiro atoms. The van der Waals surface area contributed by atoms with E-state index in [1.54, 1.807) is 39.5 Å². The normalized spacial score (nSPS) is 32.1. The third kappa shape index (κ3) is 7.45. The van der Waals surface area contributed by atoms with Gasteiger partial charge in [-0.05, 0) is 106 Å². The molecule has 1 saturated carbocycles. The molecule has 2 aliphatic carbocycles. The van der Waals surface area contributed by atoms with E-state index in [1.807, 2.05) is 23.6 Å². The van der Waals surface area contributed by atoms with Crippen molar-refractivity contribution < 1.29 is 32.7 Å². The molecule has 3 aliphatic heterocycles. The molecule has 2 aromatic carbocycles. The fourth-order valence-electron chi connectivity index (χ4n) is 9.57. The minimum Gasteiger partial charge on any atom is -0.490 e. The molecule has 8 rings (SSSR count). The van der Waals surface area contributed by atoms with Gasteiger partial charge in [0.1, 0.15) is 15.7 Å². The largest absolute Gasteiger partial charge is 0.490 e. The van der Waals surface area contributed by atoms with Crippen LogP contribution in [-0.4, -0.2) is 78.6 Å². The minimum atomic E-state index is -3.63. The Hall–Kier alpha value is -3.97. The summed E-state index contributed by atoms with van der Waals surface area (Å²) in [6.45, 7) is 9.33. The number of amides is 2. The van der Waals surface area contributed by atoms with Crippen molar-refractivity contribution in [1.29, 1.82) is 0 Å². The van der Waals surface area contributed by atoms with Gasteiger partial charge in [-0.15, -0.1) is 4.36 Å². The average molecular weight is 785 g/mol. The van der Waals surface area contributed by atoms with Crippen LogP contribution in [0.3, 0.4) is 0 Å². The Bertz CT molecular complexity index is 2140. The van der Waals surface area contributed by atoms with Crippen LogP contribution < -0.4 is 14.4 Å². The van der Waals surface area contributed by atoms with Crippen LogP contribution in [0.1, 0.15) is 89.1 Å². The molecule has 0 radical (unpaired) electrons. The van der Waals surface area contributed by atoms with Crippen molar-refractivity contribution >= 4 is 27.4 Å². The van der Waals surface area contributed by atoms with E-state index in [0.717, 1.165) is 62.3 Å². The van der Waals surface area contributed by atoms with Crippen molar-refractivity contribution in [3.05, 3.63) is 94.3 Å². The maximum atomic E-state index is 15.1. The first-order chi connectivity index (χ1) is 27.0. The van der Waals surface area contributed by atoms with E-state index < -0.39 is 27.0 Å². The van der Waals surface area contributed by atoms with Crippen LogP contribution in [0.25, 0.3) is 0 Å². The Morgan fingerprint density at radius 3 is 2.75 bits per heavy atom. The van der Waals surface area contributed by atoms with Gasteiger partial charge in [0.2, 0.25) is 0 Å². The fourth-order valence-corrected chi connectivity index (χ4v) is 11.4. The quantitative estimate of drug-likeness (QED) is 0.281. The molecule has 56 heavy (non-hydrogen) atoms. The molecule has 3 aromatic rings. The Morgan fingerprint density at radius 2 is 1.96 bits per heavy atom. The summed E-state index contributed by atoms with van der Waals surface area (Å²) in [5, 5.41) is -0.660. The average Bonchev–Trinajstić information content (AvgIpc) is 3.54. The lowest BCUT2D eigenvalue weighted by atomic mass is 9.68. The van der Waals surface area contributed by atoms with Gasteiger partial charge in [-0.25, -0.2) is 4.21 Å². The van der Waals surface area contributed by atoms with Gasteiger partial charge in [-0.3, -0.25) is 14.3 Å². The summed E-state index contributed by atoms with van der Waals surface area (Å²) < 4.78 is 48.3. The summed E-state index contributed by atoms with van der Waals surface area (Å²) in [5.41, 5.74) is 6.12. The van der Waals surface area contributed by atoms with Crippen molar-refractivity contribution in [1.82, 2.24) is 9.29 Å². The summed E-state index contributed by atoms with van der Waals surface area (Å²) in [6.07, 6.45) is 11.7. The van der Waals surface area contributed by atoms with Gasteiger partial charge >= 0.3 is 0 Å². The molecule has 12 heteroatoms. The van der Waals surface area contributed by atoms with Gasteiger partial charge in [0.05, 0.1) is 55.1 Å². The van der Waals surface area contributed by atoms with Gasteiger partial charge in [0.25, 0.3) is 11.8 Å². The first-order valence-corrected chi connectivity index (χ1v) is 21.8. The summed E-state index contributed by atoms with van der Waals surface area (Å²) >= 11 is 0. The number of aryl methyl sites for hydroxylation is 2. The van der Waals surface area contributed by atoms with Crippen molar-refractivity contribution in [2.75, 3.05) is 45.4 Å². The number of nitrogens with zero attached hydrogens (tertiary/aromatic N) is 3. The summed E-state index contributed by atoms with van der Waals surface area (Å²) in [4.78, 5) is 30.7. The van der Waals surface area contributed by atoms with Crippen molar-refractivity contribution in [3.8, 4) is 5.75 Å². The van der Waals surface area contributed by atoms with Crippen LogP contribution in [0, 0.1) is 24.7 Å². The monoisotopic (exact) mass is 784 g/mol. The molecule has 4 heterocycles. The standard InChI is InChI=1S/C44H56N4O7S/c1-28-11-15-38-31(18-28)9-7-17-44(38)26-48-21-33-12-14-37(33)40(53-5)10-6-8-29(2)30(3)56(51,45-42(49)32-13-16-41(55-27-44)39(48)20-32)46-43(50)34-19-35-24-54-36(25-52-4)23-47(35)22-34/h6,10-11,13,15-16,18-20,22,29-30,33,36-37,40H,7-9,12,14,17,21,23-27H2,1-5H3,(H,45,46,49,50,51)/b10-6+/t29-,30+,33-,36+,37+,40-,44-,56?/m0/s1. The van der Waals surface area contributed by atoms with E-state index >= 15 is 4.21 Å². The first-order valence-electron chi connectivity index (χ1n) is 20.2. The lowest BCUT2D eigenvalue weighted by Gasteiger charge is -2.46. The number of methoxy groups -OCH3 is 2. The van der Waals surface area contributed by atoms with E-state index in [1.165, 1.54) is 16.7 Å². The zero-order valence-corrected chi connectivity index (χ0v) is 34.1. The number of aromatic nitrogens is 1. The lowest BCUT2D eigenvalue weighted by molar-refractivity contribution is -0.0382. The third-order valence-corrected chi connectivity index (χ3v) is 15.6. The molecule has 2 amide bonds. The third-order valence-electron chi connectivity index (χ3n) is 13.2. The molecular formula is C44H56N4O7S. The molecular weight excluding hydrogens is 729 g/mol. The highest BCUT2D eigenvalue weighted by molar-refractivity contribution is 7.93. The van der Waals surface area contributed by atoms with E-state index in [0.29, 0.717) is 55.7 Å². The highest BCUT2D eigenvalue weighted by Crippen LogP contribution is 2.47. The van der Waals surface area contributed by atoms with Crippen molar-refractivity contribution in [2.24, 2.45) is 22.1 Å². The number of benzene rings is 2. The van der Waals surface area contributed by atoms with Crippen LogP contribution >= 0.6 is 0 Å². The van der Waals surface area contributed by atoms with Gasteiger partial charge in [-0.1, -0.05) is 42.8 Å². The molecule has 8 atom stereocenters. The second-order valence-corrected chi connectivity index (χ2v) is 19.1. The lowest BCUT2D eigenvalue weighted by Crippen LogP contribution is -2.49. The van der Waals surface area contributed by atoms with Crippen molar-refractivity contribution in [3.63, 3.8) is 0 Å². The summed E-state index contributed by atoms with van der Waals surface area (Å²) in [7, 11) is -0.226. The number of ether oxygens (including phenoxy) is 4. The van der Waals surface area contributed by atoms with Crippen LogP contribution in [-0.2, 0) is 49.1 Å². The van der Waals surface area contributed by atoms with Gasteiger partial charge in [-0.2, -0.15) is 0 Å². The number of hydrogen-bond donors (Lipinski definition) is 1. The Morgan fingerprint density at radius 1 is 1.11 bits per heavy atom. The first kappa shape index (κ1) is 38.9. The number of fused-ring (bicyclic) bond motifs is 5. The molecule has 1 fully saturated rings. The number of allylic oxidation sites excluding steroid dienone is 1. The van der Waals surface area contributed by atoms with E-state index in [2.05, 4.69) is 51.3 Å². The number of carbonyl (C=O) groups is 2. The van der Waals surface area contributed by atoms with Crippen LogP contribution in [0.5, 0.6) is 5.75 Å². The van der Waals surface area contributed by atoms with Gasteiger partial charge in [0.15, 0.2) is 0 Å². The van der Waals surface area contributed by atoms with Gasteiger partial charge in [0, 0.05) is 50.2 Å². The number of hydrogen-bond acceptors (Lipinski definition) is 8. The SMILES string of the molecule is COC[C@H]1Cn2cc(C(=O)NS3(=O)=NC(=O)c4ccc5c(c4)N(C[C@@H]4CC[C@H]4[C@@H](OC)/C=C/C[C@H](C)[C@H]3C)C[C@@]3(CCCc4cc(C)ccc43)CO5)cc2CO1. The molecule has 11 nitrogen and oxygen atoms in total. The van der Waals surface area contributed by atoms with Crippen LogP contribution in [0.2, 0.25) is 0 Å². The second-order valence-electron chi connectivity index (χ2n) is 16.9. The minimum absolute atomic E-state index is 0.0609. The number of anilines is 1. The molecule has 1 N–H and O–H groups in total. The smallest absolute Gasteiger partial charge is 0.286 e. The second kappa shape index (κ2) is 15.8. The number of rotatable bonds is 5. The molecule has 1 unspecified atom stereocenters. The molecule has 300 valence electrons. The summed E-state index contributed by atoms with van der Waals surface area (Å²) in [5.74, 6) is 0.0964. The molecule has 1 aromatic heterocycles. The molecule has 5 aliphatic rings. The number of carbonyl (C=O) groups excluding carboxylic acids is 2. The molecule has 0 saturated heterocycles. The van der Waals surface area contributed by atoms with Gasteiger partial charge < -0.3 is 28.4 Å². The summed E-state index contributed by atoms with van der Waals surface area (Å²) in [6, 6.07) is 14.0. The van der Waals surface area contributed by atoms with E-state index in [-0.39, 0.29) is 23.5 Å². The highest BCUT2D eigenvalue weighted by atomic mass is 32.2. The Labute approximate surface area is 331 Å². The predicted octanol–water partition coefficient (Wildman–Crippen LogP) is 6.79. The highest BCUT2D eigenvalue weighted by Gasteiger charge is 2.44. The zero-order valence-electron chi connectivity index (χ0n) is 33.3. The van der Waals surface area contributed by atoms with Crippen molar-refractivity contribution in [2.45, 2.75) is 95.3 Å².